The number of halogens is 1. The Morgan fingerprint density at radius 3 is 2.36 bits per heavy atom. The fraction of sp³-hybridized carbons (Fsp3) is 0.172. The maximum Gasteiger partial charge on any atom is 0.323 e. The predicted molar refractivity (Wildman–Crippen MR) is 153 cm³/mol. The first-order valence-electron chi connectivity index (χ1n) is 12.5. The van der Waals surface area contributed by atoms with E-state index in [0.29, 0.717) is 35.1 Å². The van der Waals surface area contributed by atoms with Crippen LogP contribution in [0.5, 0.6) is 11.5 Å². The largest absolute Gasteiger partial charge is 0.492 e. The van der Waals surface area contributed by atoms with Gasteiger partial charge in [0, 0.05) is 30.7 Å². The summed E-state index contributed by atoms with van der Waals surface area (Å²) in [5.41, 5.74) is 3.19. The average molecular weight is 531 g/mol. The number of carbonyl (C=O) groups is 1. The zero-order valence-corrected chi connectivity index (χ0v) is 21.7. The van der Waals surface area contributed by atoms with Crippen LogP contribution < -0.4 is 30.7 Å². The lowest BCUT2D eigenvalue weighted by Gasteiger charge is -2.10. The van der Waals surface area contributed by atoms with Gasteiger partial charge in [0.2, 0.25) is 5.90 Å². The summed E-state index contributed by atoms with van der Waals surface area (Å²) in [4.78, 5) is 15.5. The molecule has 0 saturated carbocycles. The molecular formula is C29H31FN6O3. The maximum absolute atomic E-state index is 13.3. The number of hydrogen-bond acceptors (Lipinski definition) is 6. The monoisotopic (exact) mass is 530 g/mol. The zero-order valence-electron chi connectivity index (χ0n) is 21.7. The Hall–Kier alpha value is -4.83. The third kappa shape index (κ3) is 7.59. The number of rotatable bonds is 11. The first-order valence-corrected chi connectivity index (χ1v) is 12.5. The van der Waals surface area contributed by atoms with Crippen molar-refractivity contribution in [3.8, 4) is 22.8 Å². The number of aromatic amines is 1. The summed E-state index contributed by atoms with van der Waals surface area (Å²) in [6, 6.07) is 21.3. The highest BCUT2D eigenvalue weighted by Gasteiger charge is 2.15. The molecule has 2 amide bonds. The molecule has 1 aromatic heterocycles. The van der Waals surface area contributed by atoms with Crippen LogP contribution in [0.2, 0.25) is 0 Å². The van der Waals surface area contributed by atoms with Crippen LogP contribution in [0.3, 0.4) is 0 Å². The number of likely N-dealkylation sites (N-methyl/N-ethyl adjacent to an activating group) is 1. The summed E-state index contributed by atoms with van der Waals surface area (Å²) in [5, 5.41) is 20.1. The molecule has 0 bridgehead atoms. The minimum absolute atomic E-state index is 0.0465. The van der Waals surface area contributed by atoms with E-state index in [9.17, 15) is 9.18 Å². The highest BCUT2D eigenvalue weighted by Crippen LogP contribution is 2.28. The van der Waals surface area contributed by atoms with Crippen molar-refractivity contribution in [3.05, 3.63) is 90.2 Å². The first-order chi connectivity index (χ1) is 18.9. The molecule has 202 valence electrons. The molecule has 0 radical (unpaired) electrons. The van der Waals surface area contributed by atoms with E-state index in [4.69, 9.17) is 14.9 Å². The van der Waals surface area contributed by atoms with Gasteiger partial charge in [0.15, 0.2) is 0 Å². The Labute approximate surface area is 226 Å². The topological polar surface area (TPSA) is 123 Å². The zero-order chi connectivity index (χ0) is 27.6. The second-order valence-corrected chi connectivity index (χ2v) is 8.49. The fourth-order valence-electron chi connectivity index (χ4n) is 3.77. The van der Waals surface area contributed by atoms with Crippen molar-refractivity contribution in [2.75, 3.05) is 42.7 Å². The molecule has 0 saturated heterocycles. The minimum Gasteiger partial charge on any atom is -0.492 e. The fourth-order valence-corrected chi connectivity index (χ4v) is 3.77. The van der Waals surface area contributed by atoms with E-state index in [-0.39, 0.29) is 5.90 Å². The molecule has 0 aliphatic heterocycles. The van der Waals surface area contributed by atoms with E-state index >= 15 is 0 Å². The number of nitrogens with one attached hydrogen (secondary N) is 6. The highest BCUT2D eigenvalue weighted by atomic mass is 19.1. The number of amides is 2. The van der Waals surface area contributed by atoms with E-state index in [1.165, 1.54) is 18.2 Å². The summed E-state index contributed by atoms with van der Waals surface area (Å²) < 4.78 is 24.8. The normalized spacial score (nSPS) is 10.5. The van der Waals surface area contributed by atoms with Gasteiger partial charge in [-0.3, -0.25) is 5.41 Å². The Morgan fingerprint density at radius 1 is 0.949 bits per heavy atom. The van der Waals surface area contributed by atoms with Crippen molar-refractivity contribution in [2.24, 2.45) is 0 Å². The van der Waals surface area contributed by atoms with Crippen LogP contribution in [0, 0.1) is 11.2 Å². The van der Waals surface area contributed by atoms with Gasteiger partial charge in [-0.15, -0.1) is 0 Å². The van der Waals surface area contributed by atoms with Gasteiger partial charge in [-0.1, -0.05) is 13.0 Å². The highest BCUT2D eigenvalue weighted by molar-refractivity contribution is 6.01. The Kier molecular flexibility index (Phi) is 9.15. The van der Waals surface area contributed by atoms with E-state index in [1.54, 1.807) is 37.4 Å². The predicted octanol–water partition coefficient (Wildman–Crippen LogP) is 5.90. The summed E-state index contributed by atoms with van der Waals surface area (Å²) in [7, 11) is 1.77. The van der Waals surface area contributed by atoms with Crippen LogP contribution in [0.25, 0.3) is 11.3 Å². The number of anilines is 3. The van der Waals surface area contributed by atoms with Crippen molar-refractivity contribution >= 4 is 29.1 Å². The van der Waals surface area contributed by atoms with E-state index < -0.39 is 11.8 Å². The number of H-pyrrole nitrogens is 1. The summed E-state index contributed by atoms with van der Waals surface area (Å²) in [6.45, 7) is 4.34. The second-order valence-electron chi connectivity index (χ2n) is 8.49. The van der Waals surface area contributed by atoms with Gasteiger partial charge in [0.25, 0.3) is 0 Å². The molecule has 4 rings (SSSR count). The molecule has 1 heterocycles. The number of ether oxygens (including phenoxy) is 2. The van der Waals surface area contributed by atoms with Crippen molar-refractivity contribution in [3.63, 3.8) is 0 Å². The molecule has 0 aliphatic carbocycles. The standard InChI is InChI=1S/C29H31FN6O3/c1-3-33-15-16-38-23-11-7-19(8-12-23)26-18-25(28(32-2)36-26)27(31)39-24-13-9-21(10-14-24)34-29(37)35-22-6-4-5-20(30)17-22/h4-14,17-18,31-33,36H,3,15-16H2,1-2H3,(H2,34,35,37). The van der Waals surface area contributed by atoms with Crippen molar-refractivity contribution in [2.45, 2.75) is 6.92 Å². The van der Waals surface area contributed by atoms with Gasteiger partial charge >= 0.3 is 6.03 Å². The molecular weight excluding hydrogens is 499 g/mol. The number of hydrogen-bond donors (Lipinski definition) is 6. The van der Waals surface area contributed by atoms with E-state index in [1.807, 2.05) is 30.3 Å². The van der Waals surface area contributed by atoms with Gasteiger partial charge in [-0.2, -0.15) is 0 Å². The quantitative estimate of drug-likeness (QED) is 0.0819. The van der Waals surface area contributed by atoms with Crippen molar-refractivity contribution < 1.29 is 18.7 Å². The van der Waals surface area contributed by atoms with Crippen molar-refractivity contribution in [1.29, 1.82) is 5.41 Å². The molecule has 9 nitrogen and oxygen atoms in total. The molecule has 0 unspecified atom stereocenters. The van der Waals surface area contributed by atoms with Gasteiger partial charge in [0.1, 0.15) is 29.7 Å². The van der Waals surface area contributed by atoms with E-state index in [2.05, 4.69) is 33.2 Å². The van der Waals surface area contributed by atoms with Crippen LogP contribution in [0.1, 0.15) is 12.5 Å². The van der Waals surface area contributed by atoms with Gasteiger partial charge in [0.05, 0.1) is 5.56 Å². The smallest absolute Gasteiger partial charge is 0.323 e. The van der Waals surface area contributed by atoms with Gasteiger partial charge < -0.3 is 35.7 Å². The maximum atomic E-state index is 13.3. The van der Waals surface area contributed by atoms with Gasteiger partial charge in [-0.25, -0.2) is 9.18 Å². The van der Waals surface area contributed by atoms with Crippen LogP contribution in [0.15, 0.2) is 78.9 Å². The number of carbonyl (C=O) groups excluding carboxylic acids is 1. The number of benzene rings is 3. The van der Waals surface area contributed by atoms with Crippen molar-refractivity contribution in [1.82, 2.24) is 10.3 Å². The number of aromatic nitrogens is 1. The van der Waals surface area contributed by atoms with Crippen LogP contribution in [0.4, 0.5) is 26.4 Å². The lowest BCUT2D eigenvalue weighted by Crippen LogP contribution is -2.20. The summed E-state index contributed by atoms with van der Waals surface area (Å²) >= 11 is 0. The third-order valence-electron chi connectivity index (χ3n) is 5.69. The molecule has 0 atom stereocenters. The summed E-state index contributed by atoms with van der Waals surface area (Å²) in [6.07, 6.45) is 0. The van der Waals surface area contributed by atoms with Crippen LogP contribution in [-0.2, 0) is 0 Å². The lowest BCUT2D eigenvalue weighted by atomic mass is 10.1. The van der Waals surface area contributed by atoms with Crippen LogP contribution >= 0.6 is 0 Å². The Bertz CT molecular complexity index is 1400. The number of urea groups is 1. The molecule has 0 spiro atoms. The SMILES string of the molecule is CCNCCOc1ccc(-c2cc(C(=N)Oc3ccc(NC(=O)Nc4cccc(F)c4)cc3)c(NC)[nH]2)cc1. The summed E-state index contributed by atoms with van der Waals surface area (Å²) in [5.74, 6) is 1.38. The van der Waals surface area contributed by atoms with Crippen LogP contribution in [-0.4, -0.2) is 43.7 Å². The Morgan fingerprint density at radius 2 is 1.67 bits per heavy atom. The lowest BCUT2D eigenvalue weighted by molar-refractivity contribution is 0.262. The minimum atomic E-state index is -0.506. The molecule has 4 aromatic rings. The molecule has 0 aliphatic rings. The first kappa shape index (κ1) is 27.2. The third-order valence-corrected chi connectivity index (χ3v) is 5.69. The molecule has 6 N–H and O–H groups in total. The molecule has 3 aromatic carbocycles. The van der Waals surface area contributed by atoms with E-state index in [0.717, 1.165) is 30.1 Å². The molecule has 10 heteroatoms. The molecule has 0 fully saturated rings. The van der Waals surface area contributed by atoms with Gasteiger partial charge in [-0.05, 0) is 84.9 Å². The Balaban J connectivity index is 1.36. The molecule has 39 heavy (non-hydrogen) atoms. The second kappa shape index (κ2) is 13.1. The average Bonchev–Trinajstić information content (AvgIpc) is 3.37.